The van der Waals surface area contributed by atoms with Crippen LogP contribution in [0.25, 0.3) is 10.9 Å². The molecule has 3 rings (SSSR count). The number of aryl methyl sites for hydroxylation is 1. The van der Waals surface area contributed by atoms with E-state index in [9.17, 15) is 4.79 Å². The smallest absolute Gasteiger partial charge is 0.270 e. The number of fused-ring (bicyclic) bond motifs is 1. The van der Waals surface area contributed by atoms with Crippen molar-refractivity contribution in [2.24, 2.45) is 0 Å². The molecule has 0 saturated heterocycles. The van der Waals surface area contributed by atoms with Gasteiger partial charge >= 0.3 is 0 Å². The molecule has 0 aliphatic heterocycles. The second-order valence-electron chi connectivity index (χ2n) is 4.42. The summed E-state index contributed by atoms with van der Waals surface area (Å²) in [5.41, 5.74) is 0.915. The summed E-state index contributed by atoms with van der Waals surface area (Å²) in [6, 6.07) is 8.91. The fraction of sp³-hybridized carbons (Fsp3) is 0.143. The third kappa shape index (κ3) is 2.85. The predicted octanol–water partition coefficient (Wildman–Crippen LogP) is 2.51. The van der Waals surface area contributed by atoms with Crippen LogP contribution in [-0.2, 0) is 6.54 Å². The number of para-hydroxylation sites is 1. The molecule has 3 aromatic rings. The predicted molar refractivity (Wildman–Crippen MR) is 77.0 cm³/mol. The summed E-state index contributed by atoms with van der Waals surface area (Å²) in [7, 11) is 0. The van der Waals surface area contributed by atoms with Gasteiger partial charge in [0, 0.05) is 5.39 Å². The zero-order chi connectivity index (χ0) is 14.8. The molecule has 0 spiro atoms. The minimum Gasteiger partial charge on any atom is -0.342 e. The van der Waals surface area contributed by atoms with Crippen molar-refractivity contribution in [1.29, 1.82) is 0 Å². The number of halogens is 1. The average molecular weight is 303 g/mol. The van der Waals surface area contributed by atoms with E-state index in [0.29, 0.717) is 22.3 Å². The van der Waals surface area contributed by atoms with Gasteiger partial charge in [0.15, 0.2) is 5.82 Å². The molecule has 106 valence electrons. The van der Waals surface area contributed by atoms with Crippen LogP contribution >= 0.6 is 11.6 Å². The van der Waals surface area contributed by atoms with Crippen molar-refractivity contribution in [3.05, 3.63) is 52.8 Å². The molecule has 0 aliphatic rings. The second kappa shape index (κ2) is 5.49. The Bertz CT molecular complexity index is 816. The van der Waals surface area contributed by atoms with Gasteiger partial charge in [-0.25, -0.2) is 4.98 Å². The number of pyridine rings is 1. The Labute approximate surface area is 125 Å². The zero-order valence-electron chi connectivity index (χ0n) is 11.1. The highest BCUT2D eigenvalue weighted by atomic mass is 35.5. The van der Waals surface area contributed by atoms with Gasteiger partial charge < -0.3 is 9.84 Å². The first-order valence-electron chi connectivity index (χ1n) is 6.26. The van der Waals surface area contributed by atoms with Crippen LogP contribution in [-0.4, -0.2) is 21.0 Å². The molecular weight excluding hydrogens is 292 g/mol. The van der Waals surface area contributed by atoms with Gasteiger partial charge in [0.2, 0.25) is 5.89 Å². The fourth-order valence-electron chi connectivity index (χ4n) is 1.91. The van der Waals surface area contributed by atoms with E-state index in [1.807, 2.05) is 18.2 Å². The lowest BCUT2D eigenvalue weighted by atomic mass is 10.2. The van der Waals surface area contributed by atoms with Crippen LogP contribution in [0.3, 0.4) is 0 Å². The largest absolute Gasteiger partial charge is 0.342 e. The molecular formula is C14H11ClN4O2. The van der Waals surface area contributed by atoms with Gasteiger partial charge in [-0.2, -0.15) is 4.98 Å². The van der Waals surface area contributed by atoms with E-state index in [1.54, 1.807) is 13.0 Å². The van der Waals surface area contributed by atoms with Crippen LogP contribution in [0.2, 0.25) is 5.02 Å². The Morgan fingerprint density at radius 3 is 2.90 bits per heavy atom. The number of carbonyl (C=O) groups excluding carboxylic acids is 1. The lowest BCUT2D eigenvalue weighted by Gasteiger charge is -2.05. The first-order chi connectivity index (χ1) is 10.1. The molecule has 7 heteroatoms. The maximum absolute atomic E-state index is 12.1. The van der Waals surface area contributed by atoms with E-state index in [2.05, 4.69) is 20.4 Å². The Hall–Kier alpha value is -2.47. The molecule has 2 aromatic heterocycles. The molecule has 2 heterocycles. The normalized spacial score (nSPS) is 10.8. The molecule has 1 amide bonds. The molecule has 0 unspecified atom stereocenters. The highest BCUT2D eigenvalue weighted by Gasteiger charge is 2.12. The maximum Gasteiger partial charge on any atom is 0.270 e. The Balaban J connectivity index is 1.81. The standard InChI is InChI=1S/C14H11ClN4O2/c1-8-17-13(21-19-8)7-16-14(20)12-6-10(15)9-4-2-3-5-11(9)18-12/h2-6H,7H2,1H3,(H,16,20). The topological polar surface area (TPSA) is 80.9 Å². The Kier molecular flexibility index (Phi) is 3.53. The van der Waals surface area contributed by atoms with Gasteiger partial charge in [-0.1, -0.05) is 35.0 Å². The number of nitrogens with one attached hydrogen (secondary N) is 1. The summed E-state index contributed by atoms with van der Waals surface area (Å²) in [5, 5.41) is 7.61. The number of aromatic nitrogens is 3. The van der Waals surface area contributed by atoms with Crippen molar-refractivity contribution >= 4 is 28.4 Å². The number of amides is 1. The van der Waals surface area contributed by atoms with E-state index < -0.39 is 0 Å². The molecule has 1 aromatic carbocycles. The lowest BCUT2D eigenvalue weighted by Crippen LogP contribution is -2.24. The first kappa shape index (κ1) is 13.5. The highest BCUT2D eigenvalue weighted by Crippen LogP contribution is 2.22. The van der Waals surface area contributed by atoms with Crippen molar-refractivity contribution in [3.8, 4) is 0 Å². The van der Waals surface area contributed by atoms with E-state index >= 15 is 0 Å². The van der Waals surface area contributed by atoms with E-state index in [-0.39, 0.29) is 18.1 Å². The van der Waals surface area contributed by atoms with Crippen molar-refractivity contribution in [1.82, 2.24) is 20.4 Å². The third-order valence-corrected chi connectivity index (χ3v) is 3.18. The number of hydrogen-bond acceptors (Lipinski definition) is 5. The molecule has 0 saturated carbocycles. The van der Waals surface area contributed by atoms with Gasteiger partial charge in [-0.15, -0.1) is 0 Å². The molecule has 1 N–H and O–H groups in total. The van der Waals surface area contributed by atoms with Crippen LogP contribution in [0, 0.1) is 6.92 Å². The summed E-state index contributed by atoms with van der Waals surface area (Å²) in [6.07, 6.45) is 0. The highest BCUT2D eigenvalue weighted by molar-refractivity contribution is 6.35. The monoisotopic (exact) mass is 302 g/mol. The summed E-state index contributed by atoms with van der Waals surface area (Å²) in [5.74, 6) is 0.511. The summed E-state index contributed by atoms with van der Waals surface area (Å²) in [4.78, 5) is 20.4. The minimum absolute atomic E-state index is 0.145. The van der Waals surface area contributed by atoms with Crippen LogP contribution in [0.1, 0.15) is 22.2 Å². The maximum atomic E-state index is 12.1. The summed E-state index contributed by atoms with van der Waals surface area (Å²) < 4.78 is 4.92. The lowest BCUT2D eigenvalue weighted by molar-refractivity contribution is 0.0941. The van der Waals surface area contributed by atoms with Crippen molar-refractivity contribution in [3.63, 3.8) is 0 Å². The number of carbonyl (C=O) groups is 1. The number of nitrogens with zero attached hydrogens (tertiary/aromatic N) is 3. The van der Waals surface area contributed by atoms with Gasteiger partial charge in [0.1, 0.15) is 5.69 Å². The van der Waals surface area contributed by atoms with Crippen LogP contribution in [0.4, 0.5) is 0 Å². The molecule has 0 atom stereocenters. The van der Waals surface area contributed by atoms with E-state index in [1.165, 1.54) is 6.07 Å². The average Bonchev–Trinajstić information content (AvgIpc) is 2.90. The van der Waals surface area contributed by atoms with Gasteiger partial charge in [-0.05, 0) is 19.1 Å². The van der Waals surface area contributed by atoms with Crippen molar-refractivity contribution in [2.75, 3.05) is 0 Å². The summed E-state index contributed by atoms with van der Waals surface area (Å²) >= 11 is 6.17. The molecule has 0 fully saturated rings. The molecule has 0 aliphatic carbocycles. The van der Waals surface area contributed by atoms with Gasteiger partial charge in [0.05, 0.1) is 17.1 Å². The Morgan fingerprint density at radius 2 is 2.14 bits per heavy atom. The zero-order valence-corrected chi connectivity index (χ0v) is 11.9. The van der Waals surface area contributed by atoms with Crippen molar-refractivity contribution in [2.45, 2.75) is 13.5 Å². The Morgan fingerprint density at radius 1 is 1.33 bits per heavy atom. The number of hydrogen-bond donors (Lipinski definition) is 1. The molecule has 6 nitrogen and oxygen atoms in total. The first-order valence-corrected chi connectivity index (χ1v) is 6.64. The molecule has 21 heavy (non-hydrogen) atoms. The van der Waals surface area contributed by atoms with Gasteiger partial charge in [-0.3, -0.25) is 4.79 Å². The second-order valence-corrected chi connectivity index (χ2v) is 4.83. The van der Waals surface area contributed by atoms with Crippen molar-refractivity contribution < 1.29 is 9.32 Å². The SMILES string of the molecule is Cc1noc(CNC(=O)c2cc(Cl)c3ccccc3n2)n1. The number of benzene rings is 1. The van der Waals surface area contributed by atoms with Gasteiger partial charge in [0.25, 0.3) is 5.91 Å². The van der Waals surface area contributed by atoms with Crippen LogP contribution in [0.5, 0.6) is 0 Å². The van der Waals surface area contributed by atoms with E-state index in [4.69, 9.17) is 16.1 Å². The van der Waals surface area contributed by atoms with Crippen LogP contribution in [0.15, 0.2) is 34.9 Å². The molecule has 0 radical (unpaired) electrons. The third-order valence-electron chi connectivity index (χ3n) is 2.87. The van der Waals surface area contributed by atoms with Crippen LogP contribution < -0.4 is 5.32 Å². The summed E-state index contributed by atoms with van der Waals surface area (Å²) in [6.45, 7) is 1.85. The minimum atomic E-state index is -0.349. The van der Waals surface area contributed by atoms with E-state index in [0.717, 1.165) is 5.39 Å². The quantitative estimate of drug-likeness (QED) is 0.804. The fourth-order valence-corrected chi connectivity index (χ4v) is 2.17. The number of rotatable bonds is 3. The molecule has 0 bridgehead atoms.